The summed E-state index contributed by atoms with van der Waals surface area (Å²) in [6, 6.07) is 0. The van der Waals surface area contributed by atoms with E-state index in [-0.39, 0.29) is 23.1 Å². The van der Waals surface area contributed by atoms with Crippen molar-refractivity contribution in [2.45, 2.75) is 233 Å². The van der Waals surface area contributed by atoms with Gasteiger partial charge in [-0.3, -0.25) is 4.79 Å². The number of carbonyl (C=O) groups is 1. The fourth-order valence-electron chi connectivity index (χ4n) is 9.48. The third-order valence-corrected chi connectivity index (χ3v) is 15.2. The van der Waals surface area contributed by atoms with E-state index in [1.165, 1.54) is 77.0 Å². The maximum Gasteiger partial charge on any atom is 0.308 e. The second kappa shape index (κ2) is 31.2. The van der Waals surface area contributed by atoms with Crippen LogP contribution in [-0.4, -0.2) is 116 Å². The minimum atomic E-state index is -0.00556. The minimum absolute atomic E-state index is 0.00556. The average molecular weight is 899 g/mol. The third kappa shape index (κ3) is 25.2. The monoisotopic (exact) mass is 899 g/mol. The fourth-order valence-corrected chi connectivity index (χ4v) is 9.48. The first kappa shape index (κ1) is 58.3. The van der Waals surface area contributed by atoms with Crippen LogP contribution in [0.15, 0.2) is 0 Å². The maximum atomic E-state index is 12.3. The van der Waals surface area contributed by atoms with E-state index in [2.05, 4.69) is 69.2 Å². The lowest BCUT2D eigenvalue weighted by molar-refractivity contribution is -0.154. The van der Waals surface area contributed by atoms with Gasteiger partial charge in [-0.2, -0.15) is 0 Å². The quantitative estimate of drug-likeness (QED) is 0.172. The predicted molar refractivity (Wildman–Crippen MR) is 256 cm³/mol. The standard InChI is InChI=1S/C18H32O4.C9H18O.2C8H16O.C4H8O.2C3H6O/c1-12-5-6-14(10-17(12)21-4)11-22-18(19)15-7-8-16(20-3)13(2)9-15;1-8-6-4-5-7-9(8,2)10-3;2*1-7-5-3-4-6-8(7)9-2;1-4(2)3-5-4;2*1-3-2-4-3/h12-17H,5-11H2,1-4H3;8H,4-7H2,1-3H3;2*7-8H,3-6H2,1-2H3;3H2,1-2H3;2*3H,2H2,1H3. The van der Waals surface area contributed by atoms with Crippen molar-refractivity contribution in [3.05, 3.63) is 0 Å². The molecule has 0 radical (unpaired) electrons. The zero-order valence-corrected chi connectivity index (χ0v) is 43.6. The highest BCUT2D eigenvalue weighted by molar-refractivity contribution is 5.72. The van der Waals surface area contributed by atoms with Crippen LogP contribution < -0.4 is 0 Å². The molecule has 5 saturated carbocycles. The topological polar surface area (TPSA) is 110 Å². The molecule has 8 fully saturated rings. The van der Waals surface area contributed by atoms with Crippen LogP contribution in [0.2, 0.25) is 0 Å². The molecule has 3 heterocycles. The highest BCUT2D eigenvalue weighted by atomic mass is 16.6. The van der Waals surface area contributed by atoms with Crippen LogP contribution in [0.5, 0.6) is 0 Å². The summed E-state index contributed by atoms with van der Waals surface area (Å²) >= 11 is 0. The van der Waals surface area contributed by atoms with E-state index >= 15 is 0 Å². The van der Waals surface area contributed by atoms with Crippen molar-refractivity contribution in [1.29, 1.82) is 0 Å². The van der Waals surface area contributed by atoms with Gasteiger partial charge in [-0.15, -0.1) is 0 Å². The van der Waals surface area contributed by atoms with Crippen LogP contribution in [-0.2, 0) is 47.4 Å². The summed E-state index contributed by atoms with van der Waals surface area (Å²) in [6.07, 6.45) is 25.1. The van der Waals surface area contributed by atoms with Crippen LogP contribution in [0.25, 0.3) is 0 Å². The molecule has 0 aromatic heterocycles. The molecule has 0 spiro atoms. The van der Waals surface area contributed by atoms with Crippen LogP contribution in [0.3, 0.4) is 0 Å². The number of ether oxygens (including phenoxy) is 9. The van der Waals surface area contributed by atoms with Crippen LogP contribution in [0.1, 0.15) is 185 Å². The molecule has 3 aliphatic heterocycles. The molecule has 0 amide bonds. The summed E-state index contributed by atoms with van der Waals surface area (Å²) in [6.45, 7) is 25.3. The van der Waals surface area contributed by atoms with Crippen LogP contribution >= 0.6 is 0 Å². The second-order valence-corrected chi connectivity index (χ2v) is 21.4. The van der Waals surface area contributed by atoms with Gasteiger partial charge in [0.05, 0.1) is 80.2 Å². The summed E-state index contributed by atoms with van der Waals surface area (Å²) in [5.41, 5.74) is 0.429. The lowest BCUT2D eigenvalue weighted by Gasteiger charge is -2.38. The molecule has 8 aliphatic rings. The van der Waals surface area contributed by atoms with E-state index in [0.717, 1.165) is 76.1 Å². The molecule has 0 aromatic carbocycles. The molecule has 10 nitrogen and oxygen atoms in total. The Labute approximate surface area is 388 Å². The van der Waals surface area contributed by atoms with Crippen molar-refractivity contribution in [2.24, 2.45) is 41.4 Å². The van der Waals surface area contributed by atoms with E-state index in [1.807, 2.05) is 21.3 Å². The Balaban J connectivity index is 0.000000278. The molecule has 8 rings (SSSR count). The van der Waals surface area contributed by atoms with Crippen LogP contribution in [0.4, 0.5) is 0 Å². The van der Waals surface area contributed by atoms with Crippen molar-refractivity contribution in [2.75, 3.05) is 62.0 Å². The Morgan fingerprint density at radius 1 is 0.540 bits per heavy atom. The van der Waals surface area contributed by atoms with Gasteiger partial charge in [-0.25, -0.2) is 0 Å². The van der Waals surface area contributed by atoms with Crippen molar-refractivity contribution in [3.63, 3.8) is 0 Å². The summed E-state index contributed by atoms with van der Waals surface area (Å²) in [4.78, 5) is 12.3. The van der Waals surface area contributed by atoms with Gasteiger partial charge in [0.15, 0.2) is 0 Å². The summed E-state index contributed by atoms with van der Waals surface area (Å²) in [5.74, 6) is 3.89. The lowest BCUT2D eigenvalue weighted by Crippen LogP contribution is -2.37. The van der Waals surface area contributed by atoms with Crippen molar-refractivity contribution >= 4 is 5.97 Å². The molecule has 3 saturated heterocycles. The SMILES string of the molecule is CC1(C)CO1.CC1CO1.CC1CO1.COC1(C)CCCCC1C.COC1CCC(C(=O)OCC2CCC(C)C(OC)C2)CC1C.COC1CCCCC1C.COC1CCCCC1C. The summed E-state index contributed by atoms with van der Waals surface area (Å²) in [5, 5.41) is 0. The Hall–Kier alpha value is -0.850. The Kier molecular flexibility index (Phi) is 28.9. The molecule has 14 unspecified atom stereocenters. The molecular weight excluding hydrogens is 797 g/mol. The number of methoxy groups -OCH3 is 5. The van der Waals surface area contributed by atoms with E-state index in [9.17, 15) is 4.79 Å². The van der Waals surface area contributed by atoms with Gasteiger partial charge in [0.1, 0.15) is 0 Å². The van der Waals surface area contributed by atoms with E-state index < -0.39 is 0 Å². The fraction of sp³-hybridized carbons (Fsp3) is 0.981. The van der Waals surface area contributed by atoms with Gasteiger partial charge >= 0.3 is 5.97 Å². The normalized spacial score (nSPS) is 38.3. The molecule has 374 valence electrons. The minimum Gasteiger partial charge on any atom is -0.465 e. The van der Waals surface area contributed by atoms with Crippen LogP contribution in [0, 0.1) is 41.4 Å². The lowest BCUT2D eigenvalue weighted by atomic mass is 9.78. The first-order valence-electron chi connectivity index (χ1n) is 25.6. The molecular formula is C53H102O10. The van der Waals surface area contributed by atoms with Crippen molar-refractivity contribution in [1.82, 2.24) is 0 Å². The van der Waals surface area contributed by atoms with Gasteiger partial charge < -0.3 is 42.6 Å². The van der Waals surface area contributed by atoms with Gasteiger partial charge in [0, 0.05) is 35.5 Å². The van der Waals surface area contributed by atoms with E-state index in [4.69, 9.17) is 42.6 Å². The number of hydrogen-bond acceptors (Lipinski definition) is 10. The highest BCUT2D eigenvalue weighted by Gasteiger charge is 2.35. The number of rotatable bonds is 8. The Morgan fingerprint density at radius 3 is 1.32 bits per heavy atom. The number of carbonyl (C=O) groups excluding carboxylic acids is 1. The Bertz CT molecular complexity index is 1120. The molecule has 0 aromatic rings. The second-order valence-electron chi connectivity index (χ2n) is 21.4. The van der Waals surface area contributed by atoms with Gasteiger partial charge in [0.2, 0.25) is 0 Å². The first-order valence-corrected chi connectivity index (χ1v) is 25.6. The number of epoxide rings is 3. The smallest absolute Gasteiger partial charge is 0.308 e. The largest absolute Gasteiger partial charge is 0.465 e. The number of hydrogen-bond donors (Lipinski definition) is 0. The Morgan fingerprint density at radius 2 is 0.968 bits per heavy atom. The maximum absolute atomic E-state index is 12.3. The number of esters is 1. The van der Waals surface area contributed by atoms with Crippen molar-refractivity contribution in [3.8, 4) is 0 Å². The van der Waals surface area contributed by atoms with Gasteiger partial charge in [0.25, 0.3) is 0 Å². The zero-order valence-electron chi connectivity index (χ0n) is 43.6. The highest BCUT2D eigenvalue weighted by Crippen LogP contribution is 2.36. The summed E-state index contributed by atoms with van der Waals surface area (Å²) < 4.78 is 47.0. The molecule has 0 bridgehead atoms. The summed E-state index contributed by atoms with van der Waals surface area (Å²) in [7, 11) is 9.03. The molecule has 0 N–H and O–H groups in total. The molecule has 63 heavy (non-hydrogen) atoms. The first-order chi connectivity index (χ1) is 29.9. The average Bonchev–Trinajstić information content (AvgIpc) is 4.24. The predicted octanol–water partition coefficient (Wildman–Crippen LogP) is 12.1. The molecule has 14 atom stereocenters. The van der Waals surface area contributed by atoms with Crippen molar-refractivity contribution < 1.29 is 47.4 Å². The van der Waals surface area contributed by atoms with E-state index in [0.29, 0.717) is 61.0 Å². The third-order valence-electron chi connectivity index (χ3n) is 15.2. The van der Waals surface area contributed by atoms with Gasteiger partial charge in [-0.1, -0.05) is 73.1 Å². The van der Waals surface area contributed by atoms with Gasteiger partial charge in [-0.05, 0) is 147 Å². The molecule has 10 heteroatoms. The molecule has 5 aliphatic carbocycles. The zero-order chi connectivity index (χ0) is 47.0. The van der Waals surface area contributed by atoms with E-state index in [1.54, 1.807) is 14.2 Å².